The van der Waals surface area contributed by atoms with E-state index in [1.165, 1.54) is 0 Å². The van der Waals surface area contributed by atoms with Crippen LogP contribution in [0, 0.1) is 0 Å². The van der Waals surface area contributed by atoms with Crippen molar-refractivity contribution in [1.82, 2.24) is 0 Å². The summed E-state index contributed by atoms with van der Waals surface area (Å²) in [6.07, 6.45) is 0. The van der Waals surface area contributed by atoms with Crippen LogP contribution >= 0.6 is 27.5 Å². The van der Waals surface area contributed by atoms with Crippen molar-refractivity contribution in [1.29, 1.82) is 0 Å². The molecule has 0 aliphatic heterocycles. The van der Waals surface area contributed by atoms with Gasteiger partial charge in [0.15, 0.2) is 0 Å². The van der Waals surface area contributed by atoms with Gasteiger partial charge in [-0.05, 0) is 30.7 Å². The fraction of sp³-hybridized carbons (Fsp3) is 0.200. The Kier molecular flexibility index (Phi) is 4.50. The molecule has 4 heteroatoms. The maximum absolute atomic E-state index is 10.5. The van der Waals surface area contributed by atoms with E-state index >= 15 is 0 Å². The molecule has 1 unspecified atom stereocenters. The smallest absolute Gasteiger partial charge is 0.104 e. The van der Waals surface area contributed by atoms with Gasteiger partial charge in [-0.2, -0.15) is 0 Å². The van der Waals surface area contributed by atoms with Crippen molar-refractivity contribution in [2.75, 3.05) is 11.9 Å². The molecule has 2 rings (SSSR count). The molecular formula is C15H15BrClNO. The Morgan fingerprint density at radius 2 is 1.89 bits per heavy atom. The van der Waals surface area contributed by atoms with Crippen LogP contribution in [-0.2, 0) is 5.60 Å². The number of rotatable bonds is 4. The van der Waals surface area contributed by atoms with E-state index in [1.54, 1.807) is 6.92 Å². The first-order valence-electron chi connectivity index (χ1n) is 5.96. The highest BCUT2D eigenvalue weighted by atomic mass is 79.9. The van der Waals surface area contributed by atoms with Crippen LogP contribution in [0.15, 0.2) is 53.0 Å². The lowest BCUT2D eigenvalue weighted by atomic mass is 9.96. The van der Waals surface area contributed by atoms with Crippen LogP contribution in [0.4, 0.5) is 5.69 Å². The van der Waals surface area contributed by atoms with E-state index in [0.29, 0.717) is 11.6 Å². The summed E-state index contributed by atoms with van der Waals surface area (Å²) in [6.45, 7) is 2.17. The first-order chi connectivity index (χ1) is 8.99. The molecule has 2 aromatic rings. The van der Waals surface area contributed by atoms with E-state index in [-0.39, 0.29) is 0 Å². The van der Waals surface area contributed by atoms with Crippen LogP contribution in [0.1, 0.15) is 12.5 Å². The first kappa shape index (κ1) is 14.4. The second-order valence-corrected chi connectivity index (χ2v) is 5.94. The third-order valence-electron chi connectivity index (χ3n) is 2.95. The number of halogens is 2. The molecule has 0 saturated heterocycles. The Morgan fingerprint density at radius 1 is 1.21 bits per heavy atom. The van der Waals surface area contributed by atoms with Crippen LogP contribution < -0.4 is 5.32 Å². The van der Waals surface area contributed by atoms with Crippen LogP contribution in [0.5, 0.6) is 0 Å². The Hall–Kier alpha value is -1.03. The molecule has 0 fully saturated rings. The molecule has 100 valence electrons. The minimum absolute atomic E-state index is 0.387. The molecule has 0 radical (unpaired) electrons. The highest BCUT2D eigenvalue weighted by Gasteiger charge is 2.22. The van der Waals surface area contributed by atoms with Gasteiger partial charge in [0, 0.05) is 11.0 Å². The largest absolute Gasteiger partial charge is 0.384 e. The quantitative estimate of drug-likeness (QED) is 0.863. The van der Waals surface area contributed by atoms with E-state index in [0.717, 1.165) is 15.7 Å². The van der Waals surface area contributed by atoms with Crippen molar-refractivity contribution in [3.05, 3.63) is 63.6 Å². The molecule has 0 spiro atoms. The minimum Gasteiger partial charge on any atom is -0.384 e. The van der Waals surface area contributed by atoms with Crippen LogP contribution in [0.3, 0.4) is 0 Å². The van der Waals surface area contributed by atoms with Crippen LogP contribution in [0.25, 0.3) is 0 Å². The summed E-state index contributed by atoms with van der Waals surface area (Å²) in [5, 5.41) is 14.3. The maximum Gasteiger partial charge on any atom is 0.104 e. The summed E-state index contributed by atoms with van der Waals surface area (Å²) in [6, 6.07) is 15.2. The molecule has 2 nitrogen and oxygen atoms in total. The summed E-state index contributed by atoms with van der Waals surface area (Å²) in [4.78, 5) is 0. The van der Waals surface area contributed by atoms with Gasteiger partial charge in [0.25, 0.3) is 0 Å². The van der Waals surface area contributed by atoms with E-state index in [9.17, 15) is 5.11 Å². The van der Waals surface area contributed by atoms with E-state index < -0.39 is 5.60 Å². The van der Waals surface area contributed by atoms with Crippen molar-refractivity contribution in [3.8, 4) is 0 Å². The Balaban J connectivity index is 2.09. The van der Waals surface area contributed by atoms with E-state index in [1.807, 2.05) is 48.5 Å². The van der Waals surface area contributed by atoms with Gasteiger partial charge in [0.1, 0.15) is 5.60 Å². The molecule has 0 heterocycles. The third kappa shape index (κ3) is 3.72. The fourth-order valence-electron chi connectivity index (χ4n) is 1.80. The summed E-state index contributed by atoms with van der Waals surface area (Å²) in [5.74, 6) is 0. The summed E-state index contributed by atoms with van der Waals surface area (Å²) >= 11 is 9.49. The molecule has 0 saturated carbocycles. The standard InChI is InChI=1S/C15H15BrClNO/c1-15(19,11-5-3-2-4-6-11)10-18-14-8-7-12(16)9-13(14)17/h2-9,18-19H,10H2,1H3. The highest BCUT2D eigenvalue weighted by Crippen LogP contribution is 2.27. The molecular weight excluding hydrogens is 326 g/mol. The molecule has 0 amide bonds. The SMILES string of the molecule is CC(O)(CNc1ccc(Br)cc1Cl)c1ccccc1. The normalized spacial score (nSPS) is 13.9. The van der Waals surface area contributed by atoms with Gasteiger partial charge in [-0.15, -0.1) is 0 Å². The number of nitrogens with one attached hydrogen (secondary N) is 1. The topological polar surface area (TPSA) is 32.3 Å². The maximum atomic E-state index is 10.5. The molecule has 0 aliphatic carbocycles. The van der Waals surface area contributed by atoms with Gasteiger partial charge in [0.05, 0.1) is 10.7 Å². The molecule has 0 bridgehead atoms. The monoisotopic (exact) mass is 339 g/mol. The number of anilines is 1. The zero-order valence-corrected chi connectivity index (χ0v) is 12.9. The Labute approximate surface area is 126 Å². The minimum atomic E-state index is -0.947. The van der Waals surface area contributed by atoms with Gasteiger partial charge >= 0.3 is 0 Å². The van der Waals surface area contributed by atoms with Crippen molar-refractivity contribution in [2.45, 2.75) is 12.5 Å². The lowest BCUT2D eigenvalue weighted by molar-refractivity contribution is 0.0715. The predicted molar refractivity (Wildman–Crippen MR) is 83.7 cm³/mol. The van der Waals surface area contributed by atoms with E-state index in [4.69, 9.17) is 11.6 Å². The Morgan fingerprint density at radius 3 is 2.53 bits per heavy atom. The average Bonchev–Trinajstić information content (AvgIpc) is 2.39. The molecule has 0 aromatic heterocycles. The lowest BCUT2D eigenvalue weighted by Gasteiger charge is -2.25. The van der Waals surface area contributed by atoms with Crippen molar-refractivity contribution >= 4 is 33.2 Å². The van der Waals surface area contributed by atoms with Gasteiger partial charge in [-0.1, -0.05) is 57.9 Å². The second kappa shape index (κ2) is 5.95. The van der Waals surface area contributed by atoms with Crippen molar-refractivity contribution in [2.24, 2.45) is 0 Å². The average molecular weight is 341 g/mol. The van der Waals surface area contributed by atoms with Crippen LogP contribution in [0.2, 0.25) is 5.02 Å². The number of hydrogen-bond donors (Lipinski definition) is 2. The third-order valence-corrected chi connectivity index (χ3v) is 3.76. The summed E-state index contributed by atoms with van der Waals surface area (Å²) < 4.78 is 0.929. The summed E-state index contributed by atoms with van der Waals surface area (Å²) in [5.41, 5.74) is 0.731. The lowest BCUT2D eigenvalue weighted by Crippen LogP contribution is -2.30. The number of benzene rings is 2. The van der Waals surface area contributed by atoms with Crippen LogP contribution in [-0.4, -0.2) is 11.7 Å². The first-order valence-corrected chi connectivity index (χ1v) is 7.13. The van der Waals surface area contributed by atoms with Gasteiger partial charge in [-0.3, -0.25) is 0 Å². The summed E-state index contributed by atoms with van der Waals surface area (Å²) in [7, 11) is 0. The molecule has 2 N–H and O–H groups in total. The second-order valence-electron chi connectivity index (χ2n) is 4.62. The van der Waals surface area contributed by atoms with Crippen molar-refractivity contribution in [3.63, 3.8) is 0 Å². The Bertz CT molecular complexity index is 557. The van der Waals surface area contributed by atoms with Gasteiger partial charge in [0.2, 0.25) is 0 Å². The predicted octanol–water partition coefficient (Wildman–Crippen LogP) is 4.42. The zero-order chi connectivity index (χ0) is 13.9. The molecule has 0 aliphatic rings. The molecule has 2 aromatic carbocycles. The fourth-order valence-corrected chi connectivity index (χ4v) is 2.54. The van der Waals surface area contributed by atoms with Crippen molar-refractivity contribution < 1.29 is 5.11 Å². The zero-order valence-electron chi connectivity index (χ0n) is 10.5. The van der Waals surface area contributed by atoms with E-state index in [2.05, 4.69) is 21.2 Å². The van der Waals surface area contributed by atoms with Gasteiger partial charge in [-0.25, -0.2) is 0 Å². The number of hydrogen-bond acceptors (Lipinski definition) is 2. The van der Waals surface area contributed by atoms with Gasteiger partial charge < -0.3 is 10.4 Å². The highest BCUT2D eigenvalue weighted by molar-refractivity contribution is 9.10. The molecule has 19 heavy (non-hydrogen) atoms. The molecule has 1 atom stereocenters. The number of aliphatic hydroxyl groups is 1.